The van der Waals surface area contributed by atoms with E-state index in [1.165, 1.54) is 20.3 Å². The molecule has 1 atom stereocenters. The van der Waals surface area contributed by atoms with Gasteiger partial charge >= 0.3 is 5.97 Å². The van der Waals surface area contributed by atoms with Gasteiger partial charge in [0, 0.05) is 50.9 Å². The molecule has 2 aliphatic rings. The van der Waals surface area contributed by atoms with Crippen molar-refractivity contribution < 1.29 is 23.8 Å². The lowest BCUT2D eigenvalue weighted by Crippen LogP contribution is -2.49. The molecular weight excluding hydrogens is 462 g/mol. The van der Waals surface area contributed by atoms with Crippen molar-refractivity contribution in [3.05, 3.63) is 57.5 Å². The number of fused-ring (bicyclic) bond motifs is 1. The second kappa shape index (κ2) is 11.6. The number of likely N-dealkylation sites (tertiary alicyclic amines) is 1. The summed E-state index contributed by atoms with van der Waals surface area (Å²) >= 11 is 0. The third-order valence-corrected chi connectivity index (χ3v) is 7.00. The molecule has 1 aromatic carbocycles. The van der Waals surface area contributed by atoms with Crippen LogP contribution in [0.5, 0.6) is 11.5 Å². The molecule has 1 aromatic heterocycles. The molecule has 1 amide bonds. The highest BCUT2D eigenvalue weighted by molar-refractivity contribution is 6.00. The number of carbonyl (C=O) groups is 2. The van der Waals surface area contributed by atoms with E-state index >= 15 is 0 Å². The van der Waals surface area contributed by atoms with Crippen LogP contribution < -0.4 is 15.0 Å². The van der Waals surface area contributed by atoms with Crippen LogP contribution in [0.15, 0.2) is 35.1 Å². The van der Waals surface area contributed by atoms with Crippen LogP contribution in [0.1, 0.15) is 47.8 Å². The smallest absolute Gasteiger partial charge is 0.328 e. The van der Waals surface area contributed by atoms with Crippen molar-refractivity contribution in [2.24, 2.45) is 0 Å². The molecule has 1 fully saturated rings. The van der Waals surface area contributed by atoms with Crippen LogP contribution in [-0.4, -0.2) is 72.7 Å². The average Bonchev–Trinajstić information content (AvgIpc) is 3.12. The molecule has 3 heterocycles. The number of hydrogen-bond acceptors (Lipinski definition) is 7. The zero-order valence-electron chi connectivity index (χ0n) is 21.3. The molecule has 0 radical (unpaired) electrons. The van der Waals surface area contributed by atoms with Gasteiger partial charge in [-0.25, -0.2) is 4.79 Å². The molecule has 194 valence electrons. The quantitative estimate of drug-likeness (QED) is 0.543. The molecule has 9 heteroatoms. The summed E-state index contributed by atoms with van der Waals surface area (Å²) in [6.07, 6.45) is 2.74. The number of ether oxygens (including phenoxy) is 3. The number of nitrogens with zero attached hydrogens (tertiary/aromatic N) is 3. The van der Waals surface area contributed by atoms with Gasteiger partial charge in [0.15, 0.2) is 0 Å². The van der Waals surface area contributed by atoms with Gasteiger partial charge < -0.3 is 23.7 Å². The normalized spacial score (nSPS) is 18.2. The van der Waals surface area contributed by atoms with Crippen molar-refractivity contribution in [1.29, 1.82) is 0 Å². The van der Waals surface area contributed by atoms with Gasteiger partial charge in [0.25, 0.3) is 11.5 Å². The van der Waals surface area contributed by atoms with Gasteiger partial charge in [-0.05, 0) is 43.9 Å². The van der Waals surface area contributed by atoms with Crippen LogP contribution in [0, 0.1) is 0 Å². The molecule has 0 saturated carbocycles. The third-order valence-electron chi connectivity index (χ3n) is 7.00. The maximum Gasteiger partial charge on any atom is 0.328 e. The van der Waals surface area contributed by atoms with E-state index in [0.29, 0.717) is 56.9 Å². The highest BCUT2D eigenvalue weighted by Gasteiger charge is 2.36. The second-order valence-corrected chi connectivity index (χ2v) is 9.16. The number of pyridine rings is 1. The highest BCUT2D eigenvalue weighted by Crippen LogP contribution is 2.28. The van der Waals surface area contributed by atoms with Crippen LogP contribution in [0.2, 0.25) is 0 Å². The first-order chi connectivity index (χ1) is 17.5. The van der Waals surface area contributed by atoms with Gasteiger partial charge in [-0.1, -0.05) is 12.1 Å². The Morgan fingerprint density at radius 2 is 1.81 bits per heavy atom. The molecule has 2 aliphatic heterocycles. The molecule has 36 heavy (non-hydrogen) atoms. The van der Waals surface area contributed by atoms with Crippen LogP contribution in [0.3, 0.4) is 0 Å². The van der Waals surface area contributed by atoms with Gasteiger partial charge in [0.1, 0.15) is 23.1 Å². The molecule has 2 aromatic rings. The number of aromatic nitrogens is 1. The van der Waals surface area contributed by atoms with Gasteiger partial charge in [-0.3, -0.25) is 14.5 Å². The van der Waals surface area contributed by atoms with E-state index in [4.69, 9.17) is 14.2 Å². The number of hydrogen-bond donors (Lipinski definition) is 0. The van der Waals surface area contributed by atoms with Gasteiger partial charge in [-0.2, -0.15) is 0 Å². The highest BCUT2D eigenvalue weighted by atomic mass is 16.5. The Hall–Kier alpha value is -3.33. The number of carbonyl (C=O) groups excluding carboxylic acids is 2. The molecule has 1 saturated heterocycles. The number of rotatable bonds is 7. The molecule has 9 nitrogen and oxygen atoms in total. The van der Waals surface area contributed by atoms with E-state index in [9.17, 15) is 14.4 Å². The molecule has 0 unspecified atom stereocenters. The summed E-state index contributed by atoms with van der Waals surface area (Å²) in [7, 11) is 2.80. The zero-order valence-corrected chi connectivity index (χ0v) is 21.3. The Morgan fingerprint density at radius 1 is 1.03 bits per heavy atom. The summed E-state index contributed by atoms with van der Waals surface area (Å²) in [6, 6.07) is 8.79. The minimum Gasteiger partial charge on any atom is -0.496 e. The fourth-order valence-electron chi connectivity index (χ4n) is 5.16. The number of esters is 1. The molecule has 0 aliphatic carbocycles. The van der Waals surface area contributed by atoms with E-state index < -0.39 is 12.0 Å². The first-order valence-corrected chi connectivity index (χ1v) is 12.6. The predicted molar refractivity (Wildman–Crippen MR) is 135 cm³/mol. The van der Waals surface area contributed by atoms with Crippen molar-refractivity contribution in [3.8, 4) is 11.5 Å². The minimum absolute atomic E-state index is 0.190. The first kappa shape index (κ1) is 25.8. The predicted octanol–water partition coefficient (Wildman–Crippen LogP) is 2.48. The largest absolute Gasteiger partial charge is 0.496 e. The molecular formula is C27H35N3O6. The minimum atomic E-state index is -0.629. The summed E-state index contributed by atoms with van der Waals surface area (Å²) in [4.78, 5) is 43.1. The summed E-state index contributed by atoms with van der Waals surface area (Å²) in [5.74, 6) is 0.396. The first-order valence-electron chi connectivity index (χ1n) is 12.6. The topological polar surface area (TPSA) is 90.3 Å². The zero-order chi connectivity index (χ0) is 25.7. The molecule has 0 N–H and O–H groups in total. The second-order valence-electron chi connectivity index (χ2n) is 9.16. The fourth-order valence-corrected chi connectivity index (χ4v) is 5.16. The Kier molecular flexibility index (Phi) is 8.30. The maximum atomic E-state index is 13.9. The van der Waals surface area contributed by atoms with E-state index in [2.05, 4.69) is 17.0 Å². The number of benzene rings is 1. The van der Waals surface area contributed by atoms with Crippen molar-refractivity contribution in [2.45, 2.75) is 51.7 Å². The number of amides is 1. The Morgan fingerprint density at radius 3 is 2.50 bits per heavy atom. The third kappa shape index (κ3) is 5.41. The molecule has 0 spiro atoms. The Labute approximate surface area is 211 Å². The lowest BCUT2D eigenvalue weighted by molar-refractivity contribution is -0.147. The van der Waals surface area contributed by atoms with E-state index in [0.717, 1.165) is 30.7 Å². The molecule has 0 bridgehead atoms. The summed E-state index contributed by atoms with van der Waals surface area (Å²) in [6.45, 7) is 5.60. The van der Waals surface area contributed by atoms with Crippen molar-refractivity contribution in [2.75, 3.05) is 40.5 Å². The van der Waals surface area contributed by atoms with Crippen molar-refractivity contribution >= 4 is 11.9 Å². The van der Waals surface area contributed by atoms with Crippen LogP contribution in [0.4, 0.5) is 0 Å². The average molecular weight is 498 g/mol. The summed E-state index contributed by atoms with van der Waals surface area (Å²) < 4.78 is 17.7. The number of piperidine rings is 1. The van der Waals surface area contributed by atoms with Crippen molar-refractivity contribution in [3.63, 3.8) is 0 Å². The molecule has 4 rings (SSSR count). The van der Waals surface area contributed by atoms with Crippen LogP contribution >= 0.6 is 0 Å². The van der Waals surface area contributed by atoms with E-state index in [1.807, 2.05) is 19.1 Å². The van der Waals surface area contributed by atoms with Gasteiger partial charge in [-0.15, -0.1) is 0 Å². The van der Waals surface area contributed by atoms with Gasteiger partial charge in [0.2, 0.25) is 0 Å². The Bertz CT molecular complexity index is 1140. The Balaban J connectivity index is 1.60. The summed E-state index contributed by atoms with van der Waals surface area (Å²) in [5.41, 5.74) is 1.99. The van der Waals surface area contributed by atoms with Crippen LogP contribution in [0.25, 0.3) is 0 Å². The SMILES string of the molecule is CCOc1ccc(CN2CCc3c(C(=O)N4CCCC[C@H]4C(=O)OC)c(OC)cc(=O)n3CC2)cc1. The lowest BCUT2D eigenvalue weighted by Gasteiger charge is -2.34. The van der Waals surface area contributed by atoms with Gasteiger partial charge in [0.05, 0.1) is 20.8 Å². The fraction of sp³-hybridized carbons (Fsp3) is 0.519. The van der Waals surface area contributed by atoms with Crippen molar-refractivity contribution in [1.82, 2.24) is 14.4 Å². The standard InChI is InChI=1S/C27H35N3O6/c1-4-36-20-10-8-19(9-11-20)18-28-14-12-21-25(23(34-2)17-24(31)29(21)16-15-28)26(32)30-13-6-5-7-22(30)27(33)35-3/h8-11,17,22H,4-7,12-16,18H2,1-3H3/t22-/m0/s1. The van der Waals surface area contributed by atoms with E-state index in [-0.39, 0.29) is 17.2 Å². The van der Waals surface area contributed by atoms with E-state index in [1.54, 1.807) is 9.47 Å². The van der Waals surface area contributed by atoms with Crippen LogP contribution in [-0.2, 0) is 29.0 Å². The lowest BCUT2D eigenvalue weighted by atomic mass is 9.99. The summed E-state index contributed by atoms with van der Waals surface area (Å²) in [5, 5.41) is 0. The monoisotopic (exact) mass is 497 g/mol. The number of methoxy groups -OCH3 is 2. The maximum absolute atomic E-state index is 13.9.